The van der Waals surface area contributed by atoms with Crippen molar-refractivity contribution in [3.8, 4) is 17.2 Å². The second kappa shape index (κ2) is 10.2. The predicted octanol–water partition coefficient (Wildman–Crippen LogP) is 3.90. The highest BCUT2D eigenvalue weighted by Gasteiger charge is 2.13. The molecule has 28 heavy (non-hydrogen) atoms. The molecule has 0 aliphatic heterocycles. The van der Waals surface area contributed by atoms with Gasteiger partial charge in [0.15, 0.2) is 18.1 Å². The maximum absolute atomic E-state index is 12.6. The van der Waals surface area contributed by atoms with Crippen LogP contribution in [0.15, 0.2) is 36.4 Å². The third-order valence-corrected chi connectivity index (χ3v) is 3.99. The number of nitrogens with one attached hydrogen (secondary N) is 1. The minimum Gasteiger partial charge on any atom is -0.493 e. The third kappa shape index (κ3) is 5.90. The molecule has 0 aliphatic carbocycles. The number of unbranched alkanes of at least 4 members (excludes halogenated alkanes) is 1. The Labute approximate surface area is 164 Å². The summed E-state index contributed by atoms with van der Waals surface area (Å²) in [6.07, 6.45) is 1.97. The fourth-order valence-electron chi connectivity index (χ4n) is 2.46. The zero-order chi connectivity index (χ0) is 20.5. The van der Waals surface area contributed by atoms with Gasteiger partial charge in [0.25, 0.3) is 5.91 Å². The van der Waals surface area contributed by atoms with E-state index in [4.69, 9.17) is 19.3 Å². The number of methoxy groups -OCH3 is 1. The van der Waals surface area contributed by atoms with Crippen LogP contribution in [0.2, 0.25) is 0 Å². The molecule has 0 saturated carbocycles. The SMILES string of the molecule is CCCCOc1ccc(C(=O)Nc2ccc(OCC(=O)O)cc2C)cc1OC. The van der Waals surface area contributed by atoms with Crippen LogP contribution < -0.4 is 19.5 Å². The highest BCUT2D eigenvalue weighted by molar-refractivity contribution is 6.05. The van der Waals surface area contributed by atoms with Crippen molar-refractivity contribution in [2.24, 2.45) is 0 Å². The number of rotatable bonds is 10. The fraction of sp³-hybridized carbons (Fsp3) is 0.333. The Balaban J connectivity index is 2.08. The van der Waals surface area contributed by atoms with Gasteiger partial charge in [0.05, 0.1) is 13.7 Å². The van der Waals surface area contributed by atoms with Gasteiger partial charge in [-0.15, -0.1) is 0 Å². The van der Waals surface area contributed by atoms with E-state index in [1.807, 2.05) is 0 Å². The summed E-state index contributed by atoms with van der Waals surface area (Å²) < 4.78 is 16.1. The van der Waals surface area contributed by atoms with Gasteiger partial charge in [0.1, 0.15) is 5.75 Å². The van der Waals surface area contributed by atoms with Crippen LogP contribution in [0.5, 0.6) is 17.2 Å². The van der Waals surface area contributed by atoms with Gasteiger partial charge in [-0.3, -0.25) is 4.79 Å². The molecule has 2 rings (SSSR count). The molecule has 0 radical (unpaired) electrons. The normalized spacial score (nSPS) is 10.2. The Bertz CT molecular complexity index is 834. The van der Waals surface area contributed by atoms with Crippen molar-refractivity contribution in [2.45, 2.75) is 26.7 Å². The topological polar surface area (TPSA) is 94.1 Å². The van der Waals surface area contributed by atoms with Gasteiger partial charge in [0, 0.05) is 11.3 Å². The van der Waals surface area contributed by atoms with E-state index in [0.29, 0.717) is 35.1 Å². The summed E-state index contributed by atoms with van der Waals surface area (Å²) in [7, 11) is 1.53. The molecule has 2 N–H and O–H groups in total. The summed E-state index contributed by atoms with van der Waals surface area (Å²) in [5.74, 6) is 0.182. The van der Waals surface area contributed by atoms with Gasteiger partial charge in [0.2, 0.25) is 0 Å². The monoisotopic (exact) mass is 387 g/mol. The van der Waals surface area contributed by atoms with Gasteiger partial charge in [-0.1, -0.05) is 13.3 Å². The molecular weight excluding hydrogens is 362 g/mol. The molecule has 0 saturated heterocycles. The Hall–Kier alpha value is -3.22. The molecule has 0 bridgehead atoms. The van der Waals surface area contributed by atoms with E-state index in [2.05, 4.69) is 12.2 Å². The number of carboxylic acids is 1. The van der Waals surface area contributed by atoms with Gasteiger partial charge < -0.3 is 24.6 Å². The lowest BCUT2D eigenvalue weighted by atomic mass is 10.1. The van der Waals surface area contributed by atoms with Crippen molar-refractivity contribution in [1.29, 1.82) is 0 Å². The molecule has 0 aromatic heterocycles. The van der Waals surface area contributed by atoms with Crippen molar-refractivity contribution in [2.75, 3.05) is 25.6 Å². The van der Waals surface area contributed by atoms with Crippen molar-refractivity contribution >= 4 is 17.6 Å². The fourth-order valence-corrected chi connectivity index (χ4v) is 2.46. The number of benzene rings is 2. The van der Waals surface area contributed by atoms with E-state index in [1.54, 1.807) is 43.3 Å². The third-order valence-electron chi connectivity index (χ3n) is 3.99. The Kier molecular flexibility index (Phi) is 7.68. The van der Waals surface area contributed by atoms with Crippen LogP contribution in [-0.4, -0.2) is 37.3 Å². The van der Waals surface area contributed by atoms with Crippen LogP contribution in [0.25, 0.3) is 0 Å². The largest absolute Gasteiger partial charge is 0.493 e. The molecule has 150 valence electrons. The zero-order valence-electron chi connectivity index (χ0n) is 16.3. The molecule has 0 aliphatic rings. The first kappa shape index (κ1) is 21.1. The summed E-state index contributed by atoms with van der Waals surface area (Å²) in [4.78, 5) is 23.2. The van der Waals surface area contributed by atoms with Gasteiger partial charge in [-0.05, 0) is 55.3 Å². The number of carbonyl (C=O) groups excluding carboxylic acids is 1. The van der Waals surface area contributed by atoms with E-state index in [1.165, 1.54) is 7.11 Å². The highest BCUT2D eigenvalue weighted by Crippen LogP contribution is 2.29. The first-order valence-corrected chi connectivity index (χ1v) is 9.02. The van der Waals surface area contributed by atoms with E-state index in [-0.39, 0.29) is 5.91 Å². The first-order chi connectivity index (χ1) is 13.4. The number of carbonyl (C=O) groups is 2. The quantitative estimate of drug-likeness (QED) is 0.601. The summed E-state index contributed by atoms with van der Waals surface area (Å²) >= 11 is 0. The molecule has 7 heteroatoms. The number of aryl methyl sites for hydroxylation is 1. The summed E-state index contributed by atoms with van der Waals surface area (Å²) in [6.45, 7) is 4.06. The average Bonchev–Trinajstić information content (AvgIpc) is 2.68. The molecule has 1 amide bonds. The lowest BCUT2D eigenvalue weighted by Crippen LogP contribution is -2.13. The Morgan fingerprint density at radius 3 is 2.50 bits per heavy atom. The molecule has 0 unspecified atom stereocenters. The van der Waals surface area contributed by atoms with Crippen LogP contribution in [-0.2, 0) is 4.79 Å². The number of hydrogen-bond donors (Lipinski definition) is 2. The molecule has 2 aromatic rings. The van der Waals surface area contributed by atoms with Crippen LogP contribution >= 0.6 is 0 Å². The zero-order valence-corrected chi connectivity index (χ0v) is 16.3. The highest BCUT2D eigenvalue weighted by atomic mass is 16.5. The molecule has 0 spiro atoms. The lowest BCUT2D eigenvalue weighted by Gasteiger charge is -2.13. The molecule has 0 heterocycles. The molecule has 0 fully saturated rings. The molecule has 7 nitrogen and oxygen atoms in total. The van der Waals surface area contributed by atoms with E-state index in [9.17, 15) is 9.59 Å². The maximum Gasteiger partial charge on any atom is 0.341 e. The molecule has 0 atom stereocenters. The Morgan fingerprint density at radius 2 is 1.86 bits per heavy atom. The minimum absolute atomic E-state index is 0.291. The van der Waals surface area contributed by atoms with Crippen LogP contribution in [0.3, 0.4) is 0 Å². The molecular formula is C21H25NO6. The van der Waals surface area contributed by atoms with Gasteiger partial charge >= 0.3 is 5.97 Å². The van der Waals surface area contributed by atoms with Crippen LogP contribution in [0.1, 0.15) is 35.7 Å². The molecule has 2 aromatic carbocycles. The van der Waals surface area contributed by atoms with Crippen molar-refractivity contribution < 1.29 is 28.9 Å². The average molecular weight is 387 g/mol. The number of amides is 1. The Morgan fingerprint density at radius 1 is 1.07 bits per heavy atom. The van der Waals surface area contributed by atoms with Crippen LogP contribution in [0.4, 0.5) is 5.69 Å². The number of ether oxygens (including phenoxy) is 3. The minimum atomic E-state index is -1.05. The van der Waals surface area contributed by atoms with Gasteiger partial charge in [-0.25, -0.2) is 4.79 Å². The summed E-state index contributed by atoms with van der Waals surface area (Å²) in [5.41, 5.74) is 1.79. The maximum atomic E-state index is 12.6. The number of carboxylic acid groups (broad SMARTS) is 1. The van der Waals surface area contributed by atoms with E-state index in [0.717, 1.165) is 18.4 Å². The van der Waals surface area contributed by atoms with Crippen molar-refractivity contribution in [3.05, 3.63) is 47.5 Å². The predicted molar refractivity (Wildman–Crippen MR) is 106 cm³/mol. The summed E-state index contributed by atoms with van der Waals surface area (Å²) in [5, 5.41) is 11.5. The number of hydrogen-bond acceptors (Lipinski definition) is 5. The van der Waals surface area contributed by atoms with E-state index >= 15 is 0 Å². The second-order valence-electron chi connectivity index (χ2n) is 6.18. The first-order valence-electron chi connectivity index (χ1n) is 9.02. The van der Waals surface area contributed by atoms with Gasteiger partial charge in [-0.2, -0.15) is 0 Å². The number of aliphatic carboxylic acids is 1. The second-order valence-corrected chi connectivity index (χ2v) is 6.18. The van der Waals surface area contributed by atoms with Crippen LogP contribution in [0, 0.1) is 6.92 Å². The van der Waals surface area contributed by atoms with Crippen molar-refractivity contribution in [3.63, 3.8) is 0 Å². The standard InChI is InChI=1S/C21H25NO6/c1-4-5-10-27-18-9-6-15(12-19(18)26-3)21(25)22-17-8-7-16(11-14(17)2)28-13-20(23)24/h6-9,11-12H,4-5,10,13H2,1-3H3,(H,22,25)(H,23,24). The summed E-state index contributed by atoms with van der Waals surface area (Å²) in [6, 6.07) is 9.98. The lowest BCUT2D eigenvalue weighted by molar-refractivity contribution is -0.139. The van der Waals surface area contributed by atoms with Crippen molar-refractivity contribution in [1.82, 2.24) is 0 Å². The van der Waals surface area contributed by atoms with E-state index < -0.39 is 12.6 Å². The number of anilines is 1. The smallest absolute Gasteiger partial charge is 0.341 e.